The van der Waals surface area contributed by atoms with Crippen molar-refractivity contribution in [2.75, 3.05) is 5.88 Å². The third kappa shape index (κ3) is 7.21. The van der Waals surface area contributed by atoms with Crippen LogP contribution in [0.5, 0.6) is 0 Å². The fourth-order valence-corrected chi connectivity index (χ4v) is 2.18. The third-order valence-electron chi connectivity index (χ3n) is 2.55. The van der Waals surface area contributed by atoms with Gasteiger partial charge in [-0.05, 0) is 32.6 Å². The van der Waals surface area contributed by atoms with Gasteiger partial charge in [-0.25, -0.2) is 4.79 Å². The molecule has 1 atom stereocenters. The minimum Gasteiger partial charge on any atom is -0.465 e. The van der Waals surface area contributed by atoms with Crippen LogP contribution in [0.4, 0.5) is 4.79 Å². The Morgan fingerprint density at radius 1 is 1.35 bits per heavy atom. The van der Waals surface area contributed by atoms with Crippen LogP contribution in [0.2, 0.25) is 0 Å². The zero-order valence-electron chi connectivity index (χ0n) is 10.9. The maximum Gasteiger partial charge on any atom is 0.405 e. The van der Waals surface area contributed by atoms with Crippen LogP contribution < -0.4 is 5.32 Å². The summed E-state index contributed by atoms with van der Waals surface area (Å²) in [6.45, 7) is 7.62. The molecule has 4 nitrogen and oxygen atoms in total. The molecule has 2 N–H and O–H groups in total. The Morgan fingerprint density at radius 3 is 2.24 bits per heavy atom. The van der Waals surface area contributed by atoms with Gasteiger partial charge in [-0.2, -0.15) is 0 Å². The number of halogens is 1. The van der Waals surface area contributed by atoms with E-state index >= 15 is 0 Å². The molecule has 100 valence electrons. The van der Waals surface area contributed by atoms with Crippen LogP contribution in [0, 0.1) is 11.8 Å². The molecule has 0 saturated heterocycles. The van der Waals surface area contributed by atoms with Gasteiger partial charge in [0.05, 0.1) is 5.88 Å². The zero-order chi connectivity index (χ0) is 13.6. The van der Waals surface area contributed by atoms with E-state index in [2.05, 4.69) is 5.32 Å². The van der Waals surface area contributed by atoms with Crippen molar-refractivity contribution in [3.63, 3.8) is 0 Å². The second kappa shape index (κ2) is 6.84. The number of nitrogens with one attached hydrogen (secondary N) is 1. The number of carboxylic acid groups (broad SMARTS) is 1. The van der Waals surface area contributed by atoms with Gasteiger partial charge in [-0.3, -0.25) is 4.79 Å². The second-order valence-electron chi connectivity index (χ2n) is 5.44. The fraction of sp³-hybridized carbons (Fsp3) is 0.833. The summed E-state index contributed by atoms with van der Waals surface area (Å²) < 4.78 is 0. The van der Waals surface area contributed by atoms with Crippen LogP contribution in [0.3, 0.4) is 0 Å². The predicted molar refractivity (Wildman–Crippen MR) is 68.5 cm³/mol. The van der Waals surface area contributed by atoms with E-state index in [1.54, 1.807) is 13.8 Å². The lowest BCUT2D eigenvalue weighted by Crippen LogP contribution is -2.45. The predicted octanol–water partition coefficient (Wildman–Crippen LogP) is 2.89. The van der Waals surface area contributed by atoms with E-state index in [0.717, 1.165) is 6.42 Å². The minimum absolute atomic E-state index is 0.0133. The minimum atomic E-state index is -1.07. The molecule has 0 aliphatic carbocycles. The summed E-state index contributed by atoms with van der Waals surface area (Å²) in [6.07, 6.45) is 0.135. The number of hydrogen-bond acceptors (Lipinski definition) is 2. The molecule has 0 rings (SSSR count). The lowest BCUT2D eigenvalue weighted by Gasteiger charge is -2.29. The molecule has 0 aromatic carbocycles. The molecule has 1 amide bonds. The van der Waals surface area contributed by atoms with Gasteiger partial charge in [0.2, 0.25) is 0 Å². The van der Waals surface area contributed by atoms with Crippen molar-refractivity contribution in [1.29, 1.82) is 0 Å². The van der Waals surface area contributed by atoms with Gasteiger partial charge in [0.25, 0.3) is 0 Å². The van der Waals surface area contributed by atoms with Crippen LogP contribution >= 0.6 is 11.6 Å². The van der Waals surface area contributed by atoms with Crippen LogP contribution in [0.25, 0.3) is 0 Å². The Morgan fingerprint density at radius 2 is 1.88 bits per heavy atom. The lowest BCUT2D eigenvalue weighted by molar-refractivity contribution is -0.121. The molecule has 0 bridgehead atoms. The number of ketones is 1. The van der Waals surface area contributed by atoms with Gasteiger partial charge >= 0.3 is 6.09 Å². The first kappa shape index (κ1) is 16.2. The molecule has 0 heterocycles. The molecule has 0 spiro atoms. The molecule has 0 unspecified atom stereocenters. The monoisotopic (exact) mass is 263 g/mol. The summed E-state index contributed by atoms with van der Waals surface area (Å²) in [5.41, 5.74) is -0.618. The molecular weight excluding hydrogens is 242 g/mol. The smallest absolute Gasteiger partial charge is 0.405 e. The van der Waals surface area contributed by atoms with E-state index < -0.39 is 11.6 Å². The van der Waals surface area contributed by atoms with Crippen molar-refractivity contribution in [2.45, 2.75) is 46.1 Å². The van der Waals surface area contributed by atoms with Gasteiger partial charge in [0, 0.05) is 11.5 Å². The Balaban J connectivity index is 4.61. The highest BCUT2D eigenvalue weighted by atomic mass is 35.5. The summed E-state index contributed by atoms with van der Waals surface area (Å²) in [4.78, 5) is 22.3. The first-order valence-electron chi connectivity index (χ1n) is 5.77. The molecule has 0 saturated carbocycles. The summed E-state index contributed by atoms with van der Waals surface area (Å²) in [5, 5.41) is 11.1. The molecule has 5 heteroatoms. The van der Waals surface area contributed by atoms with Crippen molar-refractivity contribution >= 4 is 23.5 Å². The van der Waals surface area contributed by atoms with E-state index in [0.29, 0.717) is 12.3 Å². The highest BCUT2D eigenvalue weighted by Gasteiger charge is 2.29. The Kier molecular flexibility index (Phi) is 6.53. The first-order chi connectivity index (χ1) is 7.68. The average molecular weight is 264 g/mol. The number of alkyl halides is 1. The SMILES string of the molecule is CC(C)C[C@@H](CC(C)(C)NC(=O)O)C(=O)CCl. The third-order valence-corrected chi connectivity index (χ3v) is 2.81. The number of carbonyl (C=O) groups is 2. The largest absolute Gasteiger partial charge is 0.465 e. The molecule has 17 heavy (non-hydrogen) atoms. The van der Waals surface area contributed by atoms with Gasteiger partial charge in [0.1, 0.15) is 0 Å². The van der Waals surface area contributed by atoms with Gasteiger partial charge in [-0.1, -0.05) is 13.8 Å². The van der Waals surface area contributed by atoms with E-state index in [1.165, 1.54) is 0 Å². The number of Topliss-reactive ketones (excluding diaryl/α,β-unsaturated/α-hetero) is 1. The van der Waals surface area contributed by atoms with Crippen LogP contribution in [-0.2, 0) is 4.79 Å². The van der Waals surface area contributed by atoms with Crippen LogP contribution in [0.1, 0.15) is 40.5 Å². The lowest BCUT2D eigenvalue weighted by atomic mass is 9.83. The number of rotatable bonds is 7. The van der Waals surface area contributed by atoms with Crippen molar-refractivity contribution in [3.05, 3.63) is 0 Å². The second-order valence-corrected chi connectivity index (χ2v) is 5.71. The van der Waals surface area contributed by atoms with E-state index in [1.807, 2.05) is 13.8 Å². The van der Waals surface area contributed by atoms with E-state index in [9.17, 15) is 9.59 Å². The van der Waals surface area contributed by atoms with E-state index in [4.69, 9.17) is 16.7 Å². The highest BCUT2D eigenvalue weighted by molar-refractivity contribution is 6.27. The summed E-state index contributed by atoms with van der Waals surface area (Å²) in [6, 6.07) is 0. The molecule has 0 aromatic rings. The van der Waals surface area contributed by atoms with E-state index in [-0.39, 0.29) is 17.6 Å². The van der Waals surface area contributed by atoms with Crippen molar-refractivity contribution < 1.29 is 14.7 Å². The van der Waals surface area contributed by atoms with Crippen LogP contribution in [0.15, 0.2) is 0 Å². The van der Waals surface area contributed by atoms with Crippen molar-refractivity contribution in [2.24, 2.45) is 11.8 Å². The number of hydrogen-bond donors (Lipinski definition) is 2. The molecular formula is C12H22ClNO3. The van der Waals surface area contributed by atoms with Crippen LogP contribution in [-0.4, -0.2) is 28.4 Å². The number of amides is 1. The fourth-order valence-electron chi connectivity index (χ4n) is 1.96. The number of carbonyl (C=O) groups excluding carboxylic acids is 1. The van der Waals surface area contributed by atoms with Crippen molar-refractivity contribution in [1.82, 2.24) is 5.32 Å². The molecule has 0 radical (unpaired) electrons. The Labute approximate surface area is 108 Å². The van der Waals surface area contributed by atoms with Gasteiger partial charge < -0.3 is 10.4 Å². The first-order valence-corrected chi connectivity index (χ1v) is 6.31. The Hall–Kier alpha value is -0.770. The standard InChI is InChI=1S/C12H22ClNO3/c1-8(2)5-9(10(15)7-13)6-12(3,4)14-11(16)17/h8-9,14H,5-7H2,1-4H3,(H,16,17)/t9-/m0/s1. The normalized spacial score (nSPS) is 13.5. The van der Waals surface area contributed by atoms with Gasteiger partial charge in [0.15, 0.2) is 5.78 Å². The van der Waals surface area contributed by atoms with Gasteiger partial charge in [-0.15, -0.1) is 11.6 Å². The summed E-state index contributed by atoms with van der Waals surface area (Å²) >= 11 is 5.58. The maximum absolute atomic E-state index is 11.7. The average Bonchev–Trinajstić information content (AvgIpc) is 2.12. The molecule has 0 fully saturated rings. The molecule has 0 aliphatic heterocycles. The quantitative estimate of drug-likeness (QED) is 0.694. The summed E-state index contributed by atoms with van der Waals surface area (Å²) in [5.74, 6) is 0.170. The maximum atomic E-state index is 11.7. The Bertz CT molecular complexity index is 277. The topological polar surface area (TPSA) is 66.4 Å². The highest BCUT2D eigenvalue weighted by Crippen LogP contribution is 2.24. The molecule has 0 aromatic heterocycles. The molecule has 0 aliphatic rings. The van der Waals surface area contributed by atoms with Crippen molar-refractivity contribution in [3.8, 4) is 0 Å². The summed E-state index contributed by atoms with van der Waals surface area (Å²) in [7, 11) is 0. The zero-order valence-corrected chi connectivity index (χ0v) is 11.7.